The summed E-state index contributed by atoms with van der Waals surface area (Å²) < 4.78 is 67.3. The highest BCUT2D eigenvalue weighted by atomic mass is 19.4. The largest absolute Gasteiger partial charge is 0.416 e. The van der Waals surface area contributed by atoms with Crippen molar-refractivity contribution in [3.8, 4) is 11.1 Å². The highest BCUT2D eigenvalue weighted by Gasteiger charge is 2.43. The number of nitrogens with zero attached hydrogens (tertiary/aromatic N) is 1. The second-order valence-electron chi connectivity index (χ2n) is 8.36. The second kappa shape index (κ2) is 7.73. The zero-order valence-corrected chi connectivity index (χ0v) is 17.4. The standard InChI is InChI=1S/C25H20F5NO/c1-24(13-15-9-18(26)12-19(27)10-15)22-8-4-7-20(21(22)14-31(2)23(24)32)16-5-3-6-17(11-16)25(28,29)30/h3-12H,13-14H2,1-2H3. The fourth-order valence-electron chi connectivity index (χ4n) is 4.55. The van der Waals surface area contributed by atoms with E-state index in [2.05, 4.69) is 0 Å². The van der Waals surface area contributed by atoms with Crippen LogP contribution in [0.3, 0.4) is 0 Å². The van der Waals surface area contributed by atoms with Crippen LogP contribution < -0.4 is 0 Å². The third-order valence-electron chi connectivity index (χ3n) is 5.97. The number of amides is 1. The lowest BCUT2D eigenvalue weighted by molar-refractivity contribution is -0.138. The normalized spacial score (nSPS) is 18.6. The predicted molar refractivity (Wildman–Crippen MR) is 111 cm³/mol. The summed E-state index contributed by atoms with van der Waals surface area (Å²) in [6, 6.07) is 13.4. The summed E-state index contributed by atoms with van der Waals surface area (Å²) in [7, 11) is 1.61. The highest BCUT2D eigenvalue weighted by Crippen LogP contribution is 2.42. The van der Waals surface area contributed by atoms with Crippen LogP contribution in [0.2, 0.25) is 0 Å². The molecule has 32 heavy (non-hydrogen) atoms. The zero-order valence-electron chi connectivity index (χ0n) is 17.4. The maximum atomic E-state index is 13.8. The lowest BCUT2D eigenvalue weighted by Crippen LogP contribution is -2.49. The number of benzene rings is 3. The van der Waals surface area contributed by atoms with Crippen LogP contribution >= 0.6 is 0 Å². The number of carbonyl (C=O) groups excluding carboxylic acids is 1. The van der Waals surface area contributed by atoms with Crippen molar-refractivity contribution in [1.29, 1.82) is 0 Å². The smallest absolute Gasteiger partial charge is 0.341 e. The van der Waals surface area contributed by atoms with Crippen LogP contribution in [-0.2, 0) is 29.4 Å². The summed E-state index contributed by atoms with van der Waals surface area (Å²) in [4.78, 5) is 14.7. The van der Waals surface area contributed by atoms with Crippen molar-refractivity contribution in [3.05, 3.63) is 94.6 Å². The maximum Gasteiger partial charge on any atom is 0.416 e. The number of rotatable bonds is 3. The Hall–Kier alpha value is -3.22. The first kappa shape index (κ1) is 22.0. The molecule has 7 heteroatoms. The van der Waals surface area contributed by atoms with Crippen LogP contribution in [0.5, 0.6) is 0 Å². The van der Waals surface area contributed by atoms with Gasteiger partial charge in [0.25, 0.3) is 0 Å². The van der Waals surface area contributed by atoms with E-state index in [0.29, 0.717) is 27.8 Å². The zero-order chi connectivity index (χ0) is 23.3. The molecule has 0 saturated heterocycles. The third-order valence-corrected chi connectivity index (χ3v) is 5.97. The topological polar surface area (TPSA) is 20.3 Å². The van der Waals surface area contributed by atoms with Crippen LogP contribution in [0.4, 0.5) is 22.0 Å². The molecule has 0 aliphatic carbocycles. The molecule has 0 bridgehead atoms. The number of halogens is 5. The van der Waals surface area contributed by atoms with Crippen LogP contribution in [0.1, 0.15) is 29.2 Å². The number of likely N-dealkylation sites (N-methyl/N-ethyl adjacent to an activating group) is 1. The van der Waals surface area contributed by atoms with Crippen molar-refractivity contribution in [1.82, 2.24) is 4.90 Å². The Balaban J connectivity index is 1.86. The molecule has 1 atom stereocenters. The first-order valence-electron chi connectivity index (χ1n) is 9.99. The van der Waals surface area contributed by atoms with Gasteiger partial charge >= 0.3 is 6.18 Å². The summed E-state index contributed by atoms with van der Waals surface area (Å²) in [6.45, 7) is 1.91. The van der Waals surface area contributed by atoms with E-state index in [1.807, 2.05) is 0 Å². The Morgan fingerprint density at radius 2 is 1.62 bits per heavy atom. The summed E-state index contributed by atoms with van der Waals surface area (Å²) in [6.07, 6.45) is -4.43. The Morgan fingerprint density at radius 3 is 2.28 bits per heavy atom. The van der Waals surface area contributed by atoms with E-state index < -0.39 is 28.8 Å². The van der Waals surface area contributed by atoms with Gasteiger partial charge in [-0.05, 0) is 65.4 Å². The minimum absolute atomic E-state index is 0.0455. The number of fused-ring (bicyclic) bond motifs is 1. The van der Waals surface area contributed by atoms with Crippen molar-refractivity contribution in [2.45, 2.75) is 31.5 Å². The molecule has 0 aromatic heterocycles. The van der Waals surface area contributed by atoms with Crippen molar-refractivity contribution in [3.63, 3.8) is 0 Å². The number of hydrogen-bond donors (Lipinski definition) is 0. The molecule has 0 N–H and O–H groups in total. The average Bonchev–Trinajstić information content (AvgIpc) is 2.71. The van der Waals surface area contributed by atoms with E-state index in [0.717, 1.165) is 18.2 Å². The SMILES string of the molecule is CN1Cc2c(-c3cccc(C(F)(F)F)c3)cccc2C(C)(Cc2cc(F)cc(F)c2)C1=O. The molecule has 1 heterocycles. The molecule has 1 aliphatic rings. The van der Waals surface area contributed by atoms with Gasteiger partial charge in [0.05, 0.1) is 11.0 Å². The fraction of sp³-hybridized carbons (Fsp3) is 0.240. The monoisotopic (exact) mass is 445 g/mol. The van der Waals surface area contributed by atoms with Gasteiger partial charge in [-0.25, -0.2) is 8.78 Å². The van der Waals surface area contributed by atoms with Gasteiger partial charge in [-0.15, -0.1) is 0 Å². The van der Waals surface area contributed by atoms with Gasteiger partial charge in [-0.3, -0.25) is 4.79 Å². The van der Waals surface area contributed by atoms with E-state index in [1.54, 1.807) is 38.2 Å². The van der Waals surface area contributed by atoms with Gasteiger partial charge in [-0.1, -0.05) is 30.3 Å². The van der Waals surface area contributed by atoms with Gasteiger partial charge in [0.15, 0.2) is 0 Å². The van der Waals surface area contributed by atoms with Crippen LogP contribution in [-0.4, -0.2) is 17.9 Å². The molecule has 3 aromatic carbocycles. The minimum atomic E-state index is -4.48. The molecule has 1 unspecified atom stereocenters. The lowest BCUT2D eigenvalue weighted by atomic mass is 9.70. The van der Waals surface area contributed by atoms with Crippen molar-refractivity contribution in [2.75, 3.05) is 7.05 Å². The molecule has 0 saturated carbocycles. The first-order valence-corrected chi connectivity index (χ1v) is 9.99. The molecule has 3 aromatic rings. The summed E-state index contributed by atoms with van der Waals surface area (Å²) in [5.41, 5.74) is 0.756. The number of alkyl halides is 3. The van der Waals surface area contributed by atoms with Crippen LogP contribution in [0, 0.1) is 11.6 Å². The summed E-state index contributed by atoms with van der Waals surface area (Å²) in [5.74, 6) is -1.70. The van der Waals surface area contributed by atoms with E-state index >= 15 is 0 Å². The van der Waals surface area contributed by atoms with Crippen LogP contribution in [0.25, 0.3) is 11.1 Å². The molecule has 0 spiro atoms. The van der Waals surface area contributed by atoms with Crippen molar-refractivity contribution >= 4 is 5.91 Å². The molecule has 4 rings (SSSR count). The quantitative estimate of drug-likeness (QED) is 0.445. The van der Waals surface area contributed by atoms with Crippen molar-refractivity contribution < 1.29 is 26.7 Å². The van der Waals surface area contributed by atoms with Crippen LogP contribution in [0.15, 0.2) is 60.7 Å². The van der Waals surface area contributed by atoms with Gasteiger partial charge in [-0.2, -0.15) is 13.2 Å². The first-order chi connectivity index (χ1) is 15.0. The minimum Gasteiger partial charge on any atom is -0.341 e. The predicted octanol–water partition coefficient (Wildman–Crippen LogP) is 6.12. The lowest BCUT2D eigenvalue weighted by Gasteiger charge is -2.40. The summed E-state index contributed by atoms with van der Waals surface area (Å²) >= 11 is 0. The Labute approximate surface area is 182 Å². The molecule has 1 amide bonds. The molecule has 2 nitrogen and oxygen atoms in total. The van der Waals surface area contributed by atoms with E-state index in [1.165, 1.54) is 23.1 Å². The van der Waals surface area contributed by atoms with Gasteiger partial charge in [0.2, 0.25) is 5.91 Å². The molecule has 166 valence electrons. The Morgan fingerprint density at radius 1 is 0.969 bits per heavy atom. The van der Waals surface area contributed by atoms with E-state index in [9.17, 15) is 26.7 Å². The molecular formula is C25H20F5NO. The third kappa shape index (κ3) is 3.87. The van der Waals surface area contributed by atoms with Gasteiger partial charge < -0.3 is 4.90 Å². The molecule has 0 radical (unpaired) electrons. The fourth-order valence-corrected chi connectivity index (χ4v) is 4.55. The maximum absolute atomic E-state index is 13.8. The average molecular weight is 445 g/mol. The second-order valence-corrected chi connectivity index (χ2v) is 8.36. The van der Waals surface area contributed by atoms with E-state index in [-0.39, 0.29) is 18.9 Å². The number of hydrogen-bond acceptors (Lipinski definition) is 1. The van der Waals surface area contributed by atoms with E-state index in [4.69, 9.17) is 0 Å². The Kier molecular flexibility index (Phi) is 5.31. The van der Waals surface area contributed by atoms with Crippen molar-refractivity contribution in [2.24, 2.45) is 0 Å². The molecule has 0 fully saturated rings. The summed E-state index contributed by atoms with van der Waals surface area (Å²) in [5, 5.41) is 0. The Bertz CT molecular complexity index is 1180. The molecular weight excluding hydrogens is 425 g/mol. The number of carbonyl (C=O) groups is 1. The van der Waals surface area contributed by atoms with Gasteiger partial charge in [0.1, 0.15) is 11.6 Å². The highest BCUT2D eigenvalue weighted by molar-refractivity contribution is 5.91. The molecule has 1 aliphatic heterocycles. The van der Waals surface area contributed by atoms with Gasteiger partial charge in [0, 0.05) is 19.7 Å².